The third kappa shape index (κ3) is 4.18. The number of halogens is 2. The third-order valence-electron chi connectivity index (χ3n) is 3.46. The van der Waals surface area contributed by atoms with Crippen molar-refractivity contribution in [2.75, 3.05) is 13.1 Å². The fraction of sp³-hybridized carbons (Fsp3) is 0.500. The Morgan fingerprint density at radius 3 is 2.89 bits per heavy atom. The Morgan fingerprint density at radius 1 is 1.53 bits per heavy atom. The molecule has 106 valence electrons. The van der Waals surface area contributed by atoms with Crippen molar-refractivity contribution in [3.63, 3.8) is 0 Å². The zero-order chi connectivity index (χ0) is 13.1. The van der Waals surface area contributed by atoms with Crippen molar-refractivity contribution in [2.24, 2.45) is 5.92 Å². The molecule has 1 aliphatic rings. The SMILES string of the molecule is CC1CC(c2cccc(F)c2)N(CCC(=O)O)C1.Cl. The van der Waals surface area contributed by atoms with Crippen LogP contribution in [0.2, 0.25) is 0 Å². The minimum atomic E-state index is -0.785. The number of likely N-dealkylation sites (tertiary alicyclic amines) is 1. The van der Waals surface area contributed by atoms with Crippen molar-refractivity contribution in [2.45, 2.75) is 25.8 Å². The number of nitrogens with zero attached hydrogens (tertiary/aromatic N) is 1. The molecule has 19 heavy (non-hydrogen) atoms. The molecule has 0 aliphatic carbocycles. The molecule has 0 saturated carbocycles. The summed E-state index contributed by atoms with van der Waals surface area (Å²) in [4.78, 5) is 12.8. The highest BCUT2D eigenvalue weighted by Crippen LogP contribution is 2.35. The second kappa shape index (κ2) is 6.87. The van der Waals surface area contributed by atoms with E-state index >= 15 is 0 Å². The summed E-state index contributed by atoms with van der Waals surface area (Å²) < 4.78 is 13.2. The number of rotatable bonds is 4. The van der Waals surface area contributed by atoms with Crippen LogP contribution in [-0.4, -0.2) is 29.1 Å². The van der Waals surface area contributed by atoms with Gasteiger partial charge in [-0.05, 0) is 30.0 Å². The van der Waals surface area contributed by atoms with Crippen LogP contribution in [0.4, 0.5) is 4.39 Å². The van der Waals surface area contributed by atoms with Crippen molar-refractivity contribution in [3.8, 4) is 0 Å². The Balaban J connectivity index is 0.00000180. The van der Waals surface area contributed by atoms with Gasteiger partial charge >= 0.3 is 5.97 Å². The molecule has 2 atom stereocenters. The van der Waals surface area contributed by atoms with Gasteiger partial charge in [0.1, 0.15) is 5.82 Å². The van der Waals surface area contributed by atoms with Crippen molar-refractivity contribution >= 4 is 18.4 Å². The Hall–Kier alpha value is -1.13. The summed E-state index contributed by atoms with van der Waals surface area (Å²) in [5.41, 5.74) is 0.949. The van der Waals surface area contributed by atoms with Crippen LogP contribution < -0.4 is 0 Å². The average Bonchev–Trinajstić information content (AvgIpc) is 2.68. The van der Waals surface area contributed by atoms with E-state index in [2.05, 4.69) is 11.8 Å². The largest absolute Gasteiger partial charge is 0.481 e. The lowest BCUT2D eigenvalue weighted by Crippen LogP contribution is -2.26. The molecular weight excluding hydrogens is 269 g/mol. The monoisotopic (exact) mass is 287 g/mol. The van der Waals surface area contributed by atoms with Crippen LogP contribution in [0.3, 0.4) is 0 Å². The van der Waals surface area contributed by atoms with E-state index in [4.69, 9.17) is 5.11 Å². The van der Waals surface area contributed by atoms with Crippen LogP contribution in [0, 0.1) is 11.7 Å². The summed E-state index contributed by atoms with van der Waals surface area (Å²) in [7, 11) is 0. The fourth-order valence-corrected chi connectivity index (χ4v) is 2.68. The van der Waals surface area contributed by atoms with Gasteiger partial charge in [-0.1, -0.05) is 19.1 Å². The quantitative estimate of drug-likeness (QED) is 0.925. The third-order valence-corrected chi connectivity index (χ3v) is 3.46. The van der Waals surface area contributed by atoms with Crippen LogP contribution in [0.25, 0.3) is 0 Å². The minimum Gasteiger partial charge on any atom is -0.481 e. The molecule has 1 saturated heterocycles. The number of hydrogen-bond donors (Lipinski definition) is 1. The van der Waals surface area contributed by atoms with Crippen LogP contribution in [0.15, 0.2) is 24.3 Å². The summed E-state index contributed by atoms with van der Waals surface area (Å²) in [6.07, 6.45) is 1.10. The molecule has 1 aromatic carbocycles. The zero-order valence-electron chi connectivity index (χ0n) is 10.9. The fourth-order valence-electron chi connectivity index (χ4n) is 2.68. The molecule has 0 radical (unpaired) electrons. The molecule has 1 fully saturated rings. The lowest BCUT2D eigenvalue weighted by Gasteiger charge is -2.24. The van der Waals surface area contributed by atoms with E-state index in [1.807, 2.05) is 6.07 Å². The van der Waals surface area contributed by atoms with E-state index in [-0.39, 0.29) is 30.7 Å². The number of aliphatic carboxylic acids is 1. The van der Waals surface area contributed by atoms with E-state index in [0.29, 0.717) is 12.5 Å². The normalized spacial score (nSPS) is 23.1. The molecule has 1 aliphatic heterocycles. The standard InChI is InChI=1S/C14H18FNO2.ClH/c1-10-7-13(11-3-2-4-12(15)8-11)16(9-10)6-5-14(17)18;/h2-4,8,10,13H,5-7,9H2,1H3,(H,17,18);1H. The lowest BCUT2D eigenvalue weighted by atomic mass is 10.0. The molecule has 0 bridgehead atoms. The van der Waals surface area contributed by atoms with Crippen LogP contribution >= 0.6 is 12.4 Å². The van der Waals surface area contributed by atoms with Crippen molar-refractivity contribution in [3.05, 3.63) is 35.6 Å². The van der Waals surface area contributed by atoms with E-state index in [1.165, 1.54) is 6.07 Å². The summed E-state index contributed by atoms with van der Waals surface area (Å²) in [6.45, 7) is 3.56. The molecule has 0 amide bonds. The first-order valence-corrected chi connectivity index (χ1v) is 6.27. The number of carboxylic acid groups (broad SMARTS) is 1. The maximum atomic E-state index is 13.2. The van der Waals surface area contributed by atoms with Gasteiger partial charge in [0.15, 0.2) is 0 Å². The van der Waals surface area contributed by atoms with Crippen molar-refractivity contribution in [1.82, 2.24) is 4.90 Å². The molecule has 0 aromatic heterocycles. The van der Waals surface area contributed by atoms with Gasteiger partial charge in [-0.3, -0.25) is 9.69 Å². The molecule has 1 aromatic rings. The molecular formula is C14H19ClFNO2. The highest BCUT2D eigenvalue weighted by atomic mass is 35.5. The van der Waals surface area contributed by atoms with Crippen LogP contribution in [0.5, 0.6) is 0 Å². The predicted octanol–water partition coefficient (Wildman–Crippen LogP) is 3.11. The lowest BCUT2D eigenvalue weighted by molar-refractivity contribution is -0.137. The predicted molar refractivity (Wildman–Crippen MR) is 74.0 cm³/mol. The second-order valence-electron chi connectivity index (χ2n) is 5.05. The molecule has 3 nitrogen and oxygen atoms in total. The first-order chi connectivity index (χ1) is 8.56. The van der Waals surface area contributed by atoms with Crippen molar-refractivity contribution < 1.29 is 14.3 Å². The molecule has 2 rings (SSSR count). The Bertz CT molecular complexity index is 441. The van der Waals surface area contributed by atoms with Gasteiger partial charge in [-0.15, -0.1) is 12.4 Å². The molecule has 1 N–H and O–H groups in total. The second-order valence-corrected chi connectivity index (χ2v) is 5.05. The van der Waals surface area contributed by atoms with Crippen LogP contribution in [-0.2, 0) is 4.79 Å². The first kappa shape index (κ1) is 15.9. The van der Waals surface area contributed by atoms with Gasteiger partial charge in [0.05, 0.1) is 6.42 Å². The van der Waals surface area contributed by atoms with Crippen molar-refractivity contribution in [1.29, 1.82) is 0 Å². The zero-order valence-corrected chi connectivity index (χ0v) is 11.7. The highest BCUT2D eigenvalue weighted by molar-refractivity contribution is 5.85. The molecule has 1 heterocycles. The molecule has 5 heteroatoms. The van der Waals surface area contributed by atoms with E-state index in [1.54, 1.807) is 12.1 Å². The number of benzene rings is 1. The van der Waals surface area contributed by atoms with E-state index in [0.717, 1.165) is 18.5 Å². The molecule has 2 unspecified atom stereocenters. The van der Waals surface area contributed by atoms with Gasteiger partial charge in [-0.2, -0.15) is 0 Å². The number of carbonyl (C=O) groups is 1. The summed E-state index contributed by atoms with van der Waals surface area (Å²) in [5.74, 6) is -0.496. The smallest absolute Gasteiger partial charge is 0.304 e. The van der Waals surface area contributed by atoms with Gasteiger partial charge in [0, 0.05) is 19.1 Å². The Morgan fingerprint density at radius 2 is 2.26 bits per heavy atom. The topological polar surface area (TPSA) is 40.5 Å². The van der Waals surface area contributed by atoms with Gasteiger partial charge in [0.2, 0.25) is 0 Å². The Kier molecular flexibility index (Phi) is 5.76. The van der Waals surface area contributed by atoms with E-state index in [9.17, 15) is 9.18 Å². The van der Waals surface area contributed by atoms with Crippen LogP contribution in [0.1, 0.15) is 31.4 Å². The summed E-state index contributed by atoms with van der Waals surface area (Å²) in [6, 6.07) is 6.76. The van der Waals surface area contributed by atoms with Gasteiger partial charge < -0.3 is 5.11 Å². The Labute approximate surface area is 118 Å². The average molecular weight is 288 g/mol. The van der Waals surface area contributed by atoms with Gasteiger partial charge in [0.25, 0.3) is 0 Å². The summed E-state index contributed by atoms with van der Waals surface area (Å²) >= 11 is 0. The minimum absolute atomic E-state index is 0. The summed E-state index contributed by atoms with van der Waals surface area (Å²) in [5, 5.41) is 8.75. The maximum absolute atomic E-state index is 13.2. The highest BCUT2D eigenvalue weighted by Gasteiger charge is 2.30. The first-order valence-electron chi connectivity index (χ1n) is 6.27. The molecule has 0 spiro atoms. The maximum Gasteiger partial charge on any atom is 0.304 e. The number of hydrogen-bond acceptors (Lipinski definition) is 2. The van der Waals surface area contributed by atoms with Gasteiger partial charge in [-0.25, -0.2) is 4.39 Å². The van der Waals surface area contributed by atoms with E-state index < -0.39 is 5.97 Å². The number of carboxylic acids is 1.